The lowest BCUT2D eigenvalue weighted by atomic mass is 9.92. The van der Waals surface area contributed by atoms with Gasteiger partial charge >= 0.3 is 0 Å². The second-order valence-electron chi connectivity index (χ2n) is 9.46. The topological polar surface area (TPSA) is 95.0 Å². The van der Waals surface area contributed by atoms with Crippen molar-refractivity contribution in [1.82, 2.24) is 15.0 Å². The molecule has 0 saturated carbocycles. The summed E-state index contributed by atoms with van der Waals surface area (Å²) in [5.74, 6) is -0.151. The van der Waals surface area contributed by atoms with Gasteiger partial charge in [0.1, 0.15) is 34.1 Å². The van der Waals surface area contributed by atoms with Crippen LogP contribution >= 0.6 is 0 Å². The van der Waals surface area contributed by atoms with Crippen molar-refractivity contribution in [3.8, 4) is 17.5 Å². The molecular weight excluding hydrogens is 486 g/mol. The number of fused-ring (bicyclic) bond motifs is 1. The van der Waals surface area contributed by atoms with E-state index < -0.39 is 0 Å². The lowest BCUT2D eigenvalue weighted by molar-refractivity contribution is -0.113. The maximum Gasteiger partial charge on any atom is 0.170 e. The Morgan fingerprint density at radius 1 is 0.923 bits per heavy atom. The second kappa shape index (κ2) is 10.6. The molecular formula is C32H27N5O2. The van der Waals surface area contributed by atoms with Gasteiger partial charge in [-0.2, -0.15) is 5.26 Å². The summed E-state index contributed by atoms with van der Waals surface area (Å²) in [6, 6.07) is 30.7. The van der Waals surface area contributed by atoms with Crippen molar-refractivity contribution < 1.29 is 9.90 Å². The van der Waals surface area contributed by atoms with Crippen LogP contribution in [0, 0.1) is 18.3 Å². The summed E-state index contributed by atoms with van der Waals surface area (Å²) in [6.07, 6.45) is 0. The Kier molecular flexibility index (Phi) is 6.94. The number of carbonyl (C=O) groups is 1. The van der Waals surface area contributed by atoms with E-state index in [2.05, 4.69) is 16.3 Å². The Balaban J connectivity index is 1.45. The smallest absolute Gasteiger partial charge is 0.170 e. The van der Waals surface area contributed by atoms with Gasteiger partial charge in [-0.25, -0.2) is 0 Å². The van der Waals surface area contributed by atoms with Crippen LogP contribution in [0.5, 0.6) is 5.75 Å². The number of hydrogen-bond acceptors (Lipinski definition) is 6. The molecule has 39 heavy (non-hydrogen) atoms. The van der Waals surface area contributed by atoms with Crippen molar-refractivity contribution in [2.45, 2.75) is 20.4 Å². The first-order chi connectivity index (χ1) is 18.9. The quantitative estimate of drug-likeness (QED) is 0.212. The zero-order valence-corrected chi connectivity index (χ0v) is 22.0. The van der Waals surface area contributed by atoms with Crippen LogP contribution in [0.15, 0.2) is 96.6 Å². The Hall–Kier alpha value is -5.22. The van der Waals surface area contributed by atoms with Gasteiger partial charge in [-0.05, 0) is 60.9 Å². The number of carbonyl (C=O) groups excluding carboxylic acids is 1. The van der Waals surface area contributed by atoms with E-state index >= 15 is 0 Å². The van der Waals surface area contributed by atoms with Gasteiger partial charge in [-0.1, -0.05) is 60.7 Å². The highest BCUT2D eigenvalue weighted by molar-refractivity contribution is 6.08. The van der Waals surface area contributed by atoms with Crippen molar-refractivity contribution >= 4 is 28.1 Å². The minimum absolute atomic E-state index is 0.124. The molecule has 0 radical (unpaired) electrons. The zero-order valence-electron chi connectivity index (χ0n) is 22.0. The van der Waals surface area contributed by atoms with Crippen molar-refractivity contribution in [3.05, 3.63) is 119 Å². The van der Waals surface area contributed by atoms with Gasteiger partial charge in [0, 0.05) is 30.4 Å². The van der Waals surface area contributed by atoms with E-state index in [9.17, 15) is 15.2 Å². The molecule has 0 unspecified atom stereocenters. The Morgan fingerprint density at radius 3 is 2.10 bits per heavy atom. The Labute approximate surface area is 226 Å². The van der Waals surface area contributed by atoms with Crippen LogP contribution in [0.1, 0.15) is 29.2 Å². The van der Waals surface area contributed by atoms with E-state index in [4.69, 9.17) is 0 Å². The number of allylic oxidation sites excluding steroid dienone is 1. The van der Waals surface area contributed by atoms with Crippen molar-refractivity contribution in [3.63, 3.8) is 0 Å². The molecule has 7 heteroatoms. The van der Waals surface area contributed by atoms with Gasteiger partial charge in [0.2, 0.25) is 0 Å². The first kappa shape index (κ1) is 25.4. The number of nitriles is 1. The summed E-state index contributed by atoms with van der Waals surface area (Å²) in [5.41, 5.74) is 6.99. The summed E-state index contributed by atoms with van der Waals surface area (Å²) in [5, 5.41) is 30.0. The fourth-order valence-corrected chi connectivity index (χ4v) is 4.67. The number of aromatic nitrogens is 3. The first-order valence-electron chi connectivity index (χ1n) is 12.5. The van der Waals surface area contributed by atoms with Crippen LogP contribution in [0.4, 0.5) is 5.69 Å². The average Bonchev–Trinajstić information content (AvgIpc) is 3.38. The summed E-state index contributed by atoms with van der Waals surface area (Å²) < 4.78 is 0. The number of phenolic OH excluding ortho intramolecular Hbond substituents is 1. The van der Waals surface area contributed by atoms with Crippen LogP contribution in [0.2, 0.25) is 0 Å². The number of aromatic hydroxyl groups is 1. The largest absolute Gasteiger partial charge is 0.505 e. The van der Waals surface area contributed by atoms with Gasteiger partial charge in [-0.15, -0.1) is 15.0 Å². The van der Waals surface area contributed by atoms with Gasteiger partial charge in [0.25, 0.3) is 0 Å². The number of aryl methyl sites for hydroxylation is 1. The molecule has 0 aliphatic carbocycles. The van der Waals surface area contributed by atoms with E-state index in [0.717, 1.165) is 39.0 Å². The summed E-state index contributed by atoms with van der Waals surface area (Å²) >= 11 is 0. The highest BCUT2D eigenvalue weighted by Crippen LogP contribution is 2.32. The lowest BCUT2D eigenvalue weighted by Gasteiger charge is -2.22. The fraction of sp³-hybridized carbons (Fsp3) is 0.125. The Morgan fingerprint density at radius 2 is 1.51 bits per heavy atom. The molecule has 0 saturated heterocycles. The monoisotopic (exact) mass is 513 g/mol. The van der Waals surface area contributed by atoms with Crippen molar-refractivity contribution in [2.24, 2.45) is 0 Å². The number of ketones is 1. The van der Waals surface area contributed by atoms with Gasteiger partial charge in [0.05, 0.1) is 0 Å². The predicted molar refractivity (Wildman–Crippen MR) is 153 cm³/mol. The van der Waals surface area contributed by atoms with Gasteiger partial charge in [-0.3, -0.25) is 4.79 Å². The molecule has 1 aromatic heterocycles. The molecule has 0 atom stereocenters. The number of benzene rings is 4. The first-order valence-corrected chi connectivity index (χ1v) is 12.5. The van der Waals surface area contributed by atoms with Crippen LogP contribution in [-0.2, 0) is 11.3 Å². The lowest BCUT2D eigenvalue weighted by Crippen LogP contribution is -2.17. The number of hydrogen-bond donors (Lipinski definition) is 1. The molecule has 1 N–H and O–H groups in total. The number of phenols is 1. The molecule has 1 heterocycles. The van der Waals surface area contributed by atoms with Crippen LogP contribution < -0.4 is 4.90 Å². The fourth-order valence-electron chi connectivity index (χ4n) is 4.67. The summed E-state index contributed by atoms with van der Waals surface area (Å²) in [6.45, 7) is 3.83. The molecule has 4 aromatic carbocycles. The van der Waals surface area contributed by atoms with E-state index in [1.807, 2.05) is 110 Å². The zero-order chi connectivity index (χ0) is 27.5. The molecule has 0 spiro atoms. The highest BCUT2D eigenvalue weighted by Gasteiger charge is 2.18. The molecule has 0 aliphatic rings. The molecule has 5 rings (SSSR count). The Bertz CT molecular complexity index is 1710. The van der Waals surface area contributed by atoms with E-state index in [1.54, 1.807) is 0 Å². The normalized spacial score (nSPS) is 11.6. The maximum absolute atomic E-state index is 12.3. The molecule has 192 valence electrons. The highest BCUT2D eigenvalue weighted by atomic mass is 16.3. The van der Waals surface area contributed by atoms with Crippen LogP contribution in [0.25, 0.3) is 22.3 Å². The van der Waals surface area contributed by atoms with Crippen LogP contribution in [0.3, 0.4) is 0 Å². The summed E-state index contributed by atoms with van der Waals surface area (Å²) in [7, 11) is 1.95. The van der Waals surface area contributed by atoms with Gasteiger partial charge < -0.3 is 10.0 Å². The number of nitrogens with zero attached hydrogens (tertiary/aromatic N) is 5. The standard InChI is InChI=1S/C32H27N5O2/c1-21-17-25(32(39)30(18-21)37-34-28-11-7-8-12-29(28)35-37)20-36(3)26-15-13-24(14-16-26)31(27(19-33)22(2)38)23-9-5-4-6-10-23/h4-18,39H,20H2,1-3H3/b31-27+. The molecule has 0 fully saturated rings. The molecule has 0 aliphatic heterocycles. The number of Topliss-reactive ketones (excluding diaryl/α,β-unsaturated/α-hetero) is 1. The second-order valence-corrected chi connectivity index (χ2v) is 9.46. The van der Waals surface area contributed by atoms with Gasteiger partial charge in [0.15, 0.2) is 5.78 Å². The third-order valence-electron chi connectivity index (χ3n) is 6.60. The van der Waals surface area contributed by atoms with E-state index in [-0.39, 0.29) is 17.1 Å². The van der Waals surface area contributed by atoms with Crippen LogP contribution in [-0.4, -0.2) is 32.9 Å². The minimum Gasteiger partial charge on any atom is -0.505 e. The number of anilines is 1. The third-order valence-corrected chi connectivity index (χ3v) is 6.60. The maximum atomic E-state index is 12.3. The summed E-state index contributed by atoms with van der Waals surface area (Å²) in [4.78, 5) is 15.8. The SMILES string of the molecule is CC(=O)/C(C#N)=C(\c1ccccc1)c1ccc(N(C)Cc2cc(C)cc(-n3nc4ccccc4n3)c2O)cc1. The van der Waals surface area contributed by atoms with Crippen molar-refractivity contribution in [2.75, 3.05) is 11.9 Å². The average molecular weight is 514 g/mol. The van der Waals surface area contributed by atoms with E-state index in [0.29, 0.717) is 17.8 Å². The molecule has 5 aromatic rings. The van der Waals surface area contributed by atoms with E-state index in [1.165, 1.54) is 11.7 Å². The molecule has 0 bridgehead atoms. The third kappa shape index (κ3) is 5.13. The number of rotatable bonds is 7. The predicted octanol–water partition coefficient (Wildman–Crippen LogP) is 5.99. The molecule has 0 amide bonds. The van der Waals surface area contributed by atoms with Crippen molar-refractivity contribution in [1.29, 1.82) is 5.26 Å². The minimum atomic E-state index is -0.275. The molecule has 7 nitrogen and oxygen atoms in total.